The van der Waals surface area contributed by atoms with Gasteiger partial charge in [0.15, 0.2) is 0 Å². The van der Waals surface area contributed by atoms with Crippen LogP contribution in [0.2, 0.25) is 0 Å². The maximum Gasteiger partial charge on any atom is 0.0277 e. The first-order valence-electron chi connectivity index (χ1n) is 6.55. The van der Waals surface area contributed by atoms with Gasteiger partial charge >= 0.3 is 0 Å². The molecule has 2 atom stereocenters. The molecule has 0 aromatic rings. The minimum Gasteiger partial charge on any atom is -0.315 e. The Hall–Kier alpha value is -0.120. The number of hydrogen-bond acceptors (Lipinski definition) is 3. The molecule has 0 spiro atoms. The standard InChI is InChI=1S/C13H29N3/c1-7-12(14-5)11(2)16-9-8-15(6)13(3,4)10-16/h11-12,14H,7-10H2,1-6H3. The maximum atomic E-state index is 3.43. The molecular weight excluding hydrogens is 198 g/mol. The quantitative estimate of drug-likeness (QED) is 0.783. The molecule has 1 aliphatic heterocycles. The van der Waals surface area contributed by atoms with E-state index in [0.717, 1.165) is 0 Å². The van der Waals surface area contributed by atoms with Crippen molar-refractivity contribution in [3.63, 3.8) is 0 Å². The first kappa shape index (κ1) is 13.9. The molecule has 2 unspecified atom stereocenters. The lowest BCUT2D eigenvalue weighted by Crippen LogP contribution is -2.62. The first-order valence-corrected chi connectivity index (χ1v) is 6.55. The van der Waals surface area contributed by atoms with Gasteiger partial charge in [-0.1, -0.05) is 6.92 Å². The van der Waals surface area contributed by atoms with Crippen LogP contribution in [0.15, 0.2) is 0 Å². The molecule has 0 aromatic carbocycles. The summed E-state index contributed by atoms with van der Waals surface area (Å²) >= 11 is 0. The van der Waals surface area contributed by atoms with Crippen molar-refractivity contribution in [2.24, 2.45) is 0 Å². The van der Waals surface area contributed by atoms with E-state index in [1.807, 2.05) is 0 Å². The van der Waals surface area contributed by atoms with E-state index >= 15 is 0 Å². The molecular formula is C13H29N3. The van der Waals surface area contributed by atoms with Crippen molar-refractivity contribution in [1.29, 1.82) is 0 Å². The fraction of sp³-hybridized carbons (Fsp3) is 1.00. The Balaban J connectivity index is 2.61. The number of rotatable bonds is 4. The van der Waals surface area contributed by atoms with Gasteiger partial charge < -0.3 is 5.32 Å². The van der Waals surface area contributed by atoms with E-state index in [1.165, 1.54) is 26.1 Å². The van der Waals surface area contributed by atoms with E-state index in [-0.39, 0.29) is 0 Å². The number of piperazine rings is 1. The van der Waals surface area contributed by atoms with Crippen molar-refractivity contribution in [3.05, 3.63) is 0 Å². The highest BCUT2D eigenvalue weighted by Crippen LogP contribution is 2.21. The van der Waals surface area contributed by atoms with Crippen LogP contribution in [0, 0.1) is 0 Å². The lowest BCUT2D eigenvalue weighted by molar-refractivity contribution is 0.0122. The molecule has 96 valence electrons. The van der Waals surface area contributed by atoms with Crippen molar-refractivity contribution in [1.82, 2.24) is 15.1 Å². The van der Waals surface area contributed by atoms with Crippen LogP contribution in [-0.4, -0.2) is 61.2 Å². The fourth-order valence-corrected chi connectivity index (χ4v) is 2.67. The summed E-state index contributed by atoms with van der Waals surface area (Å²) in [7, 11) is 4.31. The molecule has 0 radical (unpaired) electrons. The Kier molecular flexibility index (Phi) is 4.77. The Morgan fingerprint density at radius 2 is 1.94 bits per heavy atom. The van der Waals surface area contributed by atoms with Crippen LogP contribution in [-0.2, 0) is 0 Å². The van der Waals surface area contributed by atoms with Crippen molar-refractivity contribution in [2.45, 2.75) is 51.7 Å². The Morgan fingerprint density at radius 3 is 2.38 bits per heavy atom. The van der Waals surface area contributed by atoms with Gasteiger partial charge in [-0.15, -0.1) is 0 Å². The van der Waals surface area contributed by atoms with Crippen LogP contribution < -0.4 is 5.32 Å². The molecule has 0 saturated carbocycles. The van der Waals surface area contributed by atoms with Gasteiger partial charge in [-0.2, -0.15) is 0 Å². The van der Waals surface area contributed by atoms with E-state index < -0.39 is 0 Å². The lowest BCUT2D eigenvalue weighted by atomic mass is 9.96. The molecule has 0 bridgehead atoms. The summed E-state index contributed by atoms with van der Waals surface area (Å²) in [4.78, 5) is 5.10. The topological polar surface area (TPSA) is 18.5 Å². The number of nitrogens with one attached hydrogen (secondary N) is 1. The van der Waals surface area contributed by atoms with Gasteiger partial charge in [0, 0.05) is 37.3 Å². The van der Waals surface area contributed by atoms with Crippen LogP contribution in [0.5, 0.6) is 0 Å². The Morgan fingerprint density at radius 1 is 1.31 bits per heavy atom. The van der Waals surface area contributed by atoms with Gasteiger partial charge in [0.1, 0.15) is 0 Å². The van der Waals surface area contributed by atoms with Crippen LogP contribution in [0.3, 0.4) is 0 Å². The number of likely N-dealkylation sites (N-methyl/N-ethyl adjacent to an activating group) is 2. The second-order valence-corrected chi connectivity index (χ2v) is 5.75. The zero-order valence-electron chi connectivity index (χ0n) is 11.9. The average Bonchev–Trinajstić information content (AvgIpc) is 2.23. The molecule has 3 heteroatoms. The molecule has 3 nitrogen and oxygen atoms in total. The van der Waals surface area contributed by atoms with Crippen LogP contribution in [0.25, 0.3) is 0 Å². The summed E-state index contributed by atoms with van der Waals surface area (Å²) in [5.41, 5.74) is 0.304. The molecule has 0 aromatic heterocycles. The predicted molar refractivity (Wildman–Crippen MR) is 70.9 cm³/mol. The van der Waals surface area contributed by atoms with Crippen molar-refractivity contribution < 1.29 is 0 Å². The third kappa shape index (κ3) is 2.96. The van der Waals surface area contributed by atoms with E-state index in [2.05, 4.69) is 56.9 Å². The van der Waals surface area contributed by atoms with Gasteiger partial charge in [0.2, 0.25) is 0 Å². The molecule has 1 heterocycles. The van der Waals surface area contributed by atoms with E-state index in [4.69, 9.17) is 0 Å². The van der Waals surface area contributed by atoms with Gasteiger partial charge in [-0.25, -0.2) is 0 Å². The minimum atomic E-state index is 0.304. The smallest absolute Gasteiger partial charge is 0.0277 e. The maximum absolute atomic E-state index is 3.43. The molecule has 1 aliphatic rings. The zero-order chi connectivity index (χ0) is 12.3. The second kappa shape index (κ2) is 5.48. The first-order chi connectivity index (χ1) is 7.42. The summed E-state index contributed by atoms with van der Waals surface area (Å²) < 4.78 is 0. The van der Waals surface area contributed by atoms with Gasteiger partial charge in [-0.05, 0) is 41.3 Å². The molecule has 0 aliphatic carbocycles. The number of hydrogen-bond donors (Lipinski definition) is 1. The second-order valence-electron chi connectivity index (χ2n) is 5.75. The van der Waals surface area contributed by atoms with Crippen LogP contribution >= 0.6 is 0 Å². The average molecular weight is 227 g/mol. The third-order valence-electron chi connectivity index (χ3n) is 4.31. The van der Waals surface area contributed by atoms with E-state index in [9.17, 15) is 0 Å². The SMILES string of the molecule is CCC(NC)C(C)N1CCN(C)C(C)(C)C1. The number of nitrogens with zero attached hydrogens (tertiary/aromatic N) is 2. The molecule has 1 saturated heterocycles. The highest BCUT2D eigenvalue weighted by Gasteiger charge is 2.34. The highest BCUT2D eigenvalue weighted by molar-refractivity contribution is 4.92. The van der Waals surface area contributed by atoms with E-state index in [1.54, 1.807) is 0 Å². The molecule has 1 fully saturated rings. The van der Waals surface area contributed by atoms with E-state index in [0.29, 0.717) is 17.6 Å². The summed E-state index contributed by atoms with van der Waals surface area (Å²) in [6.07, 6.45) is 1.20. The zero-order valence-corrected chi connectivity index (χ0v) is 11.9. The van der Waals surface area contributed by atoms with Crippen molar-refractivity contribution >= 4 is 0 Å². The highest BCUT2D eigenvalue weighted by atomic mass is 15.3. The van der Waals surface area contributed by atoms with Crippen molar-refractivity contribution in [3.8, 4) is 0 Å². The molecule has 1 rings (SSSR count). The van der Waals surface area contributed by atoms with Gasteiger partial charge in [-0.3, -0.25) is 9.80 Å². The Labute approximate surface area is 101 Å². The largest absolute Gasteiger partial charge is 0.315 e. The summed E-state index contributed by atoms with van der Waals surface area (Å²) in [5, 5.41) is 3.43. The fourth-order valence-electron chi connectivity index (χ4n) is 2.67. The molecule has 1 N–H and O–H groups in total. The predicted octanol–water partition coefficient (Wildman–Crippen LogP) is 1.40. The Bertz CT molecular complexity index is 211. The van der Waals surface area contributed by atoms with Gasteiger partial charge in [0.05, 0.1) is 0 Å². The monoisotopic (exact) mass is 227 g/mol. The van der Waals surface area contributed by atoms with Crippen LogP contribution in [0.1, 0.15) is 34.1 Å². The minimum absolute atomic E-state index is 0.304. The summed E-state index contributed by atoms with van der Waals surface area (Å²) in [6.45, 7) is 12.8. The summed E-state index contributed by atoms with van der Waals surface area (Å²) in [6, 6.07) is 1.24. The van der Waals surface area contributed by atoms with Crippen LogP contribution in [0.4, 0.5) is 0 Å². The third-order valence-corrected chi connectivity index (χ3v) is 4.31. The van der Waals surface area contributed by atoms with Gasteiger partial charge in [0.25, 0.3) is 0 Å². The lowest BCUT2D eigenvalue weighted by Gasteiger charge is -2.48. The van der Waals surface area contributed by atoms with Crippen molar-refractivity contribution in [2.75, 3.05) is 33.7 Å². The molecule has 16 heavy (non-hydrogen) atoms. The summed E-state index contributed by atoms with van der Waals surface area (Å²) in [5.74, 6) is 0. The normalized spacial score (nSPS) is 26.6. The molecule has 0 amide bonds.